The molecule has 5 rings (SSSR count). The van der Waals surface area contributed by atoms with E-state index in [4.69, 9.17) is 15.2 Å². The fraction of sp³-hybridized carbons (Fsp3) is 0.364. The largest absolute Gasteiger partial charge is 0.454 e. The van der Waals surface area contributed by atoms with Gasteiger partial charge >= 0.3 is 16.2 Å². The Kier molecular flexibility index (Phi) is 6.55. The van der Waals surface area contributed by atoms with Crippen molar-refractivity contribution in [3.05, 3.63) is 54.0 Å². The molecule has 14 nitrogen and oxygen atoms in total. The fourth-order valence-corrected chi connectivity index (χ4v) is 5.25. The van der Waals surface area contributed by atoms with Crippen molar-refractivity contribution in [3.8, 4) is 0 Å². The summed E-state index contributed by atoms with van der Waals surface area (Å²) < 4.78 is 41.1. The number of nitrogen functional groups attached to an aromatic ring is 1. The molecule has 2 aromatic heterocycles. The van der Waals surface area contributed by atoms with E-state index in [0.717, 1.165) is 0 Å². The number of benzene rings is 1. The fourth-order valence-electron chi connectivity index (χ4n) is 4.39. The van der Waals surface area contributed by atoms with Gasteiger partial charge in [-0.3, -0.25) is 9.36 Å². The Morgan fingerprint density at radius 3 is 2.76 bits per heavy atom. The molecule has 4 heterocycles. The first kappa shape index (κ1) is 25.0. The molecular weight excluding hydrogens is 508 g/mol. The molecule has 3 aromatic rings. The molecule has 1 amide bonds. The van der Waals surface area contributed by atoms with Crippen LogP contribution in [0.1, 0.15) is 41.1 Å². The number of carbonyl (C=O) groups is 2. The topological polar surface area (TPSA) is 208 Å². The average Bonchev–Trinajstić information content (AvgIpc) is 3.52. The molecule has 1 unspecified atom stereocenters. The highest BCUT2D eigenvalue weighted by atomic mass is 32.2. The molecule has 5 atom stereocenters. The molecule has 0 aliphatic carbocycles. The average molecular weight is 533 g/mol. The van der Waals surface area contributed by atoms with Crippen LogP contribution in [-0.4, -0.2) is 69.9 Å². The second kappa shape index (κ2) is 9.68. The Labute approximate surface area is 210 Å². The standard InChI is InChI=1S/C22H24N6O8S/c23-13-7-8-24-20-17(13)25-10-28(20)21-19(31)18(30)15(35-21)9-26-37(33,34)27-16(29)6-5-14-11-3-1-2-4-12(11)22(32)36-14/h1-4,7-8,10,14-15,18-19,21,26,30-31H,5-6,9H2,(H2,23,24)(H,27,29)/t14?,15-,18-,19-,21-/m1/s1. The Morgan fingerprint density at radius 1 is 1.16 bits per heavy atom. The molecule has 196 valence electrons. The van der Waals surface area contributed by atoms with Crippen LogP contribution in [0.2, 0.25) is 0 Å². The number of carbonyl (C=O) groups excluding carboxylic acids is 2. The predicted molar refractivity (Wildman–Crippen MR) is 127 cm³/mol. The summed E-state index contributed by atoms with van der Waals surface area (Å²) >= 11 is 0. The number of nitrogens with two attached hydrogens (primary N) is 1. The zero-order valence-electron chi connectivity index (χ0n) is 19.2. The third kappa shape index (κ3) is 4.86. The number of imidazole rings is 1. The first-order valence-electron chi connectivity index (χ1n) is 11.3. The SMILES string of the molecule is Nc1ccnc2c1ncn2[C@@H]1O[C@H](CNS(=O)(=O)NC(=O)CCC2OC(=O)c3ccccc32)[C@@H](O)[C@H]1O. The van der Waals surface area contributed by atoms with Crippen LogP contribution in [0.15, 0.2) is 42.9 Å². The number of rotatable bonds is 8. The Morgan fingerprint density at radius 2 is 1.95 bits per heavy atom. The molecule has 2 aliphatic rings. The zero-order chi connectivity index (χ0) is 26.3. The number of aliphatic hydroxyl groups excluding tert-OH is 2. The lowest BCUT2D eigenvalue weighted by Gasteiger charge is -2.17. The van der Waals surface area contributed by atoms with Crippen molar-refractivity contribution >= 4 is 38.9 Å². The Balaban J connectivity index is 1.16. The molecule has 0 bridgehead atoms. The number of nitrogens with zero attached hydrogens (tertiary/aromatic N) is 3. The van der Waals surface area contributed by atoms with Crippen LogP contribution in [0.25, 0.3) is 11.2 Å². The van der Waals surface area contributed by atoms with Crippen molar-refractivity contribution in [1.82, 2.24) is 24.0 Å². The second-order valence-corrected chi connectivity index (χ2v) is 10.2. The summed E-state index contributed by atoms with van der Waals surface area (Å²) in [5.74, 6) is -1.30. The van der Waals surface area contributed by atoms with Gasteiger partial charge in [-0.15, -0.1) is 0 Å². The number of pyridine rings is 1. The number of amides is 1. The minimum atomic E-state index is -4.32. The highest BCUT2D eigenvalue weighted by Crippen LogP contribution is 2.34. The second-order valence-electron chi connectivity index (χ2n) is 8.67. The molecule has 1 saturated heterocycles. The molecule has 0 saturated carbocycles. The molecule has 1 fully saturated rings. The van der Waals surface area contributed by atoms with E-state index in [1.807, 2.05) is 4.72 Å². The van der Waals surface area contributed by atoms with Gasteiger partial charge < -0.3 is 25.4 Å². The molecule has 37 heavy (non-hydrogen) atoms. The number of anilines is 1. The van der Waals surface area contributed by atoms with Crippen molar-refractivity contribution in [3.63, 3.8) is 0 Å². The van der Waals surface area contributed by atoms with Crippen LogP contribution >= 0.6 is 0 Å². The number of cyclic esters (lactones) is 1. The molecule has 0 spiro atoms. The third-order valence-corrected chi connectivity index (χ3v) is 7.28. The van der Waals surface area contributed by atoms with Crippen molar-refractivity contribution in [1.29, 1.82) is 0 Å². The maximum absolute atomic E-state index is 12.4. The highest BCUT2D eigenvalue weighted by molar-refractivity contribution is 7.88. The van der Waals surface area contributed by atoms with Gasteiger partial charge in [0.2, 0.25) is 5.91 Å². The maximum atomic E-state index is 12.4. The van der Waals surface area contributed by atoms with Gasteiger partial charge in [0, 0.05) is 24.7 Å². The van der Waals surface area contributed by atoms with E-state index in [2.05, 4.69) is 14.7 Å². The van der Waals surface area contributed by atoms with E-state index >= 15 is 0 Å². The lowest BCUT2D eigenvalue weighted by molar-refractivity contribution is -0.120. The number of nitrogens with one attached hydrogen (secondary N) is 2. The van der Waals surface area contributed by atoms with Crippen molar-refractivity contribution in [2.45, 2.75) is 43.5 Å². The van der Waals surface area contributed by atoms with E-state index in [9.17, 15) is 28.2 Å². The van der Waals surface area contributed by atoms with Crippen molar-refractivity contribution < 1.29 is 37.7 Å². The number of hydrogen-bond donors (Lipinski definition) is 5. The monoisotopic (exact) mass is 532 g/mol. The molecule has 1 aromatic carbocycles. The highest BCUT2D eigenvalue weighted by Gasteiger charge is 2.44. The number of hydrogen-bond acceptors (Lipinski definition) is 11. The van der Waals surface area contributed by atoms with Gasteiger partial charge in [0.25, 0.3) is 0 Å². The first-order valence-corrected chi connectivity index (χ1v) is 12.8. The van der Waals surface area contributed by atoms with E-state index in [1.54, 1.807) is 30.3 Å². The van der Waals surface area contributed by atoms with Gasteiger partial charge in [0.15, 0.2) is 11.9 Å². The number of aliphatic hydroxyl groups is 2. The Bertz CT molecular complexity index is 1460. The van der Waals surface area contributed by atoms with Gasteiger partial charge in [-0.2, -0.15) is 13.1 Å². The van der Waals surface area contributed by atoms with E-state index in [-0.39, 0.29) is 12.8 Å². The summed E-state index contributed by atoms with van der Waals surface area (Å²) in [5.41, 5.74) is 8.01. The number of esters is 1. The van der Waals surface area contributed by atoms with Crippen LogP contribution in [0.3, 0.4) is 0 Å². The summed E-state index contributed by atoms with van der Waals surface area (Å²) in [5, 5.41) is 20.9. The summed E-state index contributed by atoms with van der Waals surface area (Å²) in [6.45, 7) is -0.437. The summed E-state index contributed by atoms with van der Waals surface area (Å²) in [6, 6.07) is 8.34. The van der Waals surface area contributed by atoms with Crippen LogP contribution in [-0.2, 0) is 24.5 Å². The summed E-state index contributed by atoms with van der Waals surface area (Å²) in [4.78, 5) is 32.5. The van der Waals surface area contributed by atoms with Crippen LogP contribution < -0.4 is 15.2 Å². The van der Waals surface area contributed by atoms with Gasteiger partial charge in [0.05, 0.1) is 17.6 Å². The normalized spacial score (nSPS) is 25.2. The van der Waals surface area contributed by atoms with Crippen LogP contribution in [0.5, 0.6) is 0 Å². The number of aromatic nitrogens is 3. The van der Waals surface area contributed by atoms with Gasteiger partial charge in [-0.1, -0.05) is 18.2 Å². The van der Waals surface area contributed by atoms with Crippen molar-refractivity contribution in [2.75, 3.05) is 12.3 Å². The number of fused-ring (bicyclic) bond motifs is 2. The quantitative estimate of drug-likeness (QED) is 0.229. The smallest absolute Gasteiger partial charge is 0.339 e. The minimum absolute atomic E-state index is 0.0971. The van der Waals surface area contributed by atoms with E-state index in [0.29, 0.717) is 28.0 Å². The van der Waals surface area contributed by atoms with Crippen LogP contribution in [0.4, 0.5) is 5.69 Å². The number of ether oxygens (including phenoxy) is 2. The van der Waals surface area contributed by atoms with E-state index < -0.39 is 59.3 Å². The lowest BCUT2D eigenvalue weighted by Crippen LogP contribution is -2.45. The van der Waals surface area contributed by atoms with Gasteiger partial charge in [-0.05, 0) is 18.6 Å². The lowest BCUT2D eigenvalue weighted by atomic mass is 10.0. The molecule has 2 aliphatic heterocycles. The van der Waals surface area contributed by atoms with Crippen molar-refractivity contribution in [2.24, 2.45) is 0 Å². The van der Waals surface area contributed by atoms with E-state index in [1.165, 1.54) is 17.1 Å². The summed E-state index contributed by atoms with van der Waals surface area (Å²) in [7, 11) is -4.32. The molecule has 6 N–H and O–H groups in total. The summed E-state index contributed by atoms with van der Waals surface area (Å²) in [6.07, 6.45) is -3.07. The Hall–Kier alpha value is -3.63. The minimum Gasteiger partial charge on any atom is -0.454 e. The molecule has 0 radical (unpaired) electrons. The first-order chi connectivity index (χ1) is 17.6. The van der Waals surface area contributed by atoms with Crippen LogP contribution in [0, 0.1) is 0 Å². The third-order valence-electron chi connectivity index (χ3n) is 6.24. The maximum Gasteiger partial charge on any atom is 0.339 e. The molecular formula is C22H24N6O8S. The zero-order valence-corrected chi connectivity index (χ0v) is 20.0. The van der Waals surface area contributed by atoms with Gasteiger partial charge in [0.1, 0.15) is 29.9 Å². The molecule has 15 heteroatoms. The van der Waals surface area contributed by atoms with Gasteiger partial charge in [-0.25, -0.2) is 19.5 Å². The predicted octanol–water partition coefficient (Wildman–Crippen LogP) is -0.725.